The van der Waals surface area contributed by atoms with Crippen LogP contribution in [0.1, 0.15) is 31.4 Å². The first-order valence-electron chi connectivity index (χ1n) is 5.40. The zero-order valence-corrected chi connectivity index (χ0v) is 9.16. The second-order valence-corrected chi connectivity index (χ2v) is 4.05. The summed E-state index contributed by atoms with van der Waals surface area (Å²) in [5.74, 6) is -0.0555. The van der Waals surface area contributed by atoms with Crippen LogP contribution in [0.25, 0.3) is 0 Å². The van der Waals surface area contributed by atoms with Crippen molar-refractivity contribution in [2.45, 2.75) is 25.8 Å². The number of nitrogens with one attached hydrogen (secondary N) is 1. The van der Waals surface area contributed by atoms with Crippen LogP contribution in [-0.2, 0) is 4.79 Å². The van der Waals surface area contributed by atoms with Gasteiger partial charge in [-0.1, -0.05) is 12.1 Å². The second kappa shape index (κ2) is 4.47. The maximum atomic E-state index is 12.7. The van der Waals surface area contributed by atoms with Gasteiger partial charge in [0.25, 0.3) is 0 Å². The van der Waals surface area contributed by atoms with E-state index in [1.165, 1.54) is 12.1 Å². The fourth-order valence-corrected chi connectivity index (χ4v) is 1.82. The fourth-order valence-electron chi connectivity index (χ4n) is 1.82. The Morgan fingerprint density at radius 2 is 1.94 bits per heavy atom. The molecule has 1 aromatic carbocycles. The summed E-state index contributed by atoms with van der Waals surface area (Å²) in [7, 11) is 0. The van der Waals surface area contributed by atoms with Crippen molar-refractivity contribution in [2.75, 3.05) is 0 Å². The fraction of sp³-hybridized carbons (Fsp3) is 0.308. The number of halogens is 1. The lowest BCUT2D eigenvalue weighted by atomic mass is 10.1. The van der Waals surface area contributed by atoms with E-state index in [-0.39, 0.29) is 17.6 Å². The monoisotopic (exact) mass is 219 g/mol. The molecule has 0 amide bonds. The summed E-state index contributed by atoms with van der Waals surface area (Å²) in [5, 5.41) is 3.26. The predicted octanol–water partition coefficient (Wildman–Crippen LogP) is 2.72. The minimum atomic E-state index is -0.230. The number of carbonyl (C=O) groups is 1. The van der Waals surface area contributed by atoms with E-state index in [2.05, 4.69) is 5.32 Å². The van der Waals surface area contributed by atoms with Crippen molar-refractivity contribution in [1.82, 2.24) is 5.32 Å². The average Bonchev–Trinajstić information content (AvgIpc) is 2.65. The van der Waals surface area contributed by atoms with Gasteiger partial charge in [0.15, 0.2) is 5.78 Å². The van der Waals surface area contributed by atoms with E-state index in [1.54, 1.807) is 18.2 Å². The van der Waals surface area contributed by atoms with E-state index >= 15 is 0 Å². The van der Waals surface area contributed by atoms with Crippen LogP contribution < -0.4 is 5.32 Å². The Kier molecular flexibility index (Phi) is 3.04. The van der Waals surface area contributed by atoms with Crippen molar-refractivity contribution in [3.63, 3.8) is 0 Å². The normalized spacial score (nSPS) is 17.1. The van der Waals surface area contributed by atoms with Gasteiger partial charge in [0.05, 0.1) is 0 Å². The lowest BCUT2D eigenvalue weighted by Gasteiger charge is -2.16. The van der Waals surface area contributed by atoms with Gasteiger partial charge in [0.1, 0.15) is 5.82 Å². The number of allylic oxidation sites excluding steroid dienone is 2. The number of carbonyl (C=O) groups excluding carboxylic acids is 1. The van der Waals surface area contributed by atoms with E-state index < -0.39 is 0 Å². The summed E-state index contributed by atoms with van der Waals surface area (Å²) in [5.41, 5.74) is 1.99. The topological polar surface area (TPSA) is 29.1 Å². The Morgan fingerprint density at radius 3 is 2.50 bits per heavy atom. The molecule has 0 spiro atoms. The first-order chi connectivity index (χ1) is 7.65. The Bertz CT molecular complexity index is 422. The number of ketones is 1. The molecule has 1 unspecified atom stereocenters. The van der Waals surface area contributed by atoms with Gasteiger partial charge in [0.2, 0.25) is 0 Å². The zero-order valence-electron chi connectivity index (χ0n) is 9.16. The first kappa shape index (κ1) is 10.9. The van der Waals surface area contributed by atoms with Crippen molar-refractivity contribution in [1.29, 1.82) is 0 Å². The number of hydrogen-bond donors (Lipinski definition) is 1. The molecular formula is C13H14FNO. The highest BCUT2D eigenvalue weighted by Gasteiger charge is 2.14. The Hall–Kier alpha value is -1.64. The average molecular weight is 219 g/mol. The minimum Gasteiger partial charge on any atom is -0.382 e. The standard InChI is InChI=1S/C13H14FNO/c1-9(10-2-4-11(14)5-3-10)15-12-6-7-13(16)8-12/h2-5,8-9,15H,6-7H2,1H3. The van der Waals surface area contributed by atoms with Crippen LogP contribution in [0.3, 0.4) is 0 Å². The van der Waals surface area contributed by atoms with Gasteiger partial charge in [-0.15, -0.1) is 0 Å². The highest BCUT2D eigenvalue weighted by atomic mass is 19.1. The third-order valence-electron chi connectivity index (χ3n) is 2.75. The molecule has 0 saturated carbocycles. The highest BCUT2D eigenvalue weighted by molar-refractivity contribution is 5.92. The number of rotatable bonds is 3. The van der Waals surface area contributed by atoms with Crippen LogP contribution in [0.2, 0.25) is 0 Å². The van der Waals surface area contributed by atoms with E-state index in [4.69, 9.17) is 0 Å². The zero-order chi connectivity index (χ0) is 11.5. The van der Waals surface area contributed by atoms with Crippen LogP contribution >= 0.6 is 0 Å². The maximum absolute atomic E-state index is 12.7. The smallest absolute Gasteiger partial charge is 0.157 e. The van der Waals surface area contributed by atoms with Crippen molar-refractivity contribution >= 4 is 5.78 Å². The van der Waals surface area contributed by atoms with Crippen LogP contribution in [-0.4, -0.2) is 5.78 Å². The van der Waals surface area contributed by atoms with Gasteiger partial charge in [0, 0.05) is 24.2 Å². The van der Waals surface area contributed by atoms with E-state index in [9.17, 15) is 9.18 Å². The predicted molar refractivity (Wildman–Crippen MR) is 60.3 cm³/mol. The van der Waals surface area contributed by atoms with Crippen LogP contribution in [0.15, 0.2) is 36.0 Å². The molecule has 0 radical (unpaired) electrons. The lowest BCUT2D eigenvalue weighted by molar-refractivity contribution is -0.114. The molecule has 0 heterocycles. The second-order valence-electron chi connectivity index (χ2n) is 4.05. The molecule has 16 heavy (non-hydrogen) atoms. The molecule has 1 atom stereocenters. The Morgan fingerprint density at radius 1 is 1.25 bits per heavy atom. The lowest BCUT2D eigenvalue weighted by Crippen LogP contribution is -2.16. The molecule has 2 rings (SSSR count). The summed E-state index contributed by atoms with van der Waals surface area (Å²) >= 11 is 0. The molecule has 0 bridgehead atoms. The molecule has 0 saturated heterocycles. The van der Waals surface area contributed by atoms with Gasteiger partial charge >= 0.3 is 0 Å². The molecule has 1 aliphatic rings. The van der Waals surface area contributed by atoms with Gasteiger partial charge in [-0.2, -0.15) is 0 Å². The van der Waals surface area contributed by atoms with E-state index in [0.29, 0.717) is 6.42 Å². The van der Waals surface area contributed by atoms with Crippen molar-refractivity contribution < 1.29 is 9.18 Å². The van der Waals surface area contributed by atoms with Gasteiger partial charge in [-0.25, -0.2) is 4.39 Å². The molecule has 0 fully saturated rings. The van der Waals surface area contributed by atoms with E-state index in [1.807, 2.05) is 6.92 Å². The van der Waals surface area contributed by atoms with Crippen LogP contribution in [0.4, 0.5) is 4.39 Å². The van der Waals surface area contributed by atoms with Gasteiger partial charge < -0.3 is 5.32 Å². The highest BCUT2D eigenvalue weighted by Crippen LogP contribution is 2.19. The third kappa shape index (κ3) is 2.48. The largest absolute Gasteiger partial charge is 0.382 e. The Labute approximate surface area is 94.2 Å². The number of hydrogen-bond acceptors (Lipinski definition) is 2. The summed E-state index contributed by atoms with van der Waals surface area (Å²) in [4.78, 5) is 11.1. The Balaban J connectivity index is 2.03. The molecule has 84 valence electrons. The molecule has 1 aromatic rings. The van der Waals surface area contributed by atoms with Gasteiger partial charge in [-0.05, 0) is 31.0 Å². The van der Waals surface area contributed by atoms with Crippen molar-refractivity contribution in [2.24, 2.45) is 0 Å². The third-order valence-corrected chi connectivity index (χ3v) is 2.75. The summed E-state index contributed by atoms with van der Waals surface area (Å²) < 4.78 is 12.7. The molecule has 1 N–H and O–H groups in total. The van der Waals surface area contributed by atoms with Crippen LogP contribution in [0.5, 0.6) is 0 Å². The number of benzene rings is 1. The van der Waals surface area contributed by atoms with Gasteiger partial charge in [-0.3, -0.25) is 4.79 Å². The van der Waals surface area contributed by atoms with Crippen molar-refractivity contribution in [3.8, 4) is 0 Å². The SMILES string of the molecule is CC(NC1=CC(=O)CC1)c1ccc(F)cc1. The summed E-state index contributed by atoms with van der Waals surface area (Å²) in [6.07, 6.45) is 3.03. The molecule has 0 aliphatic heterocycles. The quantitative estimate of drug-likeness (QED) is 0.846. The summed E-state index contributed by atoms with van der Waals surface area (Å²) in [6.45, 7) is 2.00. The maximum Gasteiger partial charge on any atom is 0.157 e. The summed E-state index contributed by atoms with van der Waals surface area (Å²) in [6, 6.07) is 6.50. The molecular weight excluding hydrogens is 205 g/mol. The molecule has 1 aliphatic carbocycles. The molecule has 2 nitrogen and oxygen atoms in total. The van der Waals surface area contributed by atoms with E-state index in [0.717, 1.165) is 17.7 Å². The first-order valence-corrected chi connectivity index (χ1v) is 5.40. The molecule has 0 aromatic heterocycles. The van der Waals surface area contributed by atoms with Crippen molar-refractivity contribution in [3.05, 3.63) is 47.4 Å². The minimum absolute atomic E-state index is 0.0951. The molecule has 3 heteroatoms. The van der Waals surface area contributed by atoms with Crippen LogP contribution in [0, 0.1) is 5.82 Å².